The number of rotatable bonds is 2. The molecule has 0 fully saturated rings. The van der Waals surface area contributed by atoms with Crippen molar-refractivity contribution >= 4 is 33.9 Å². The normalized spacial score (nSPS) is 10.5. The predicted octanol–water partition coefficient (Wildman–Crippen LogP) is 4.63. The van der Waals surface area contributed by atoms with Crippen LogP contribution in [0.1, 0.15) is 0 Å². The third-order valence-electron chi connectivity index (χ3n) is 2.78. The molecule has 0 aliphatic rings. The molecule has 0 radical (unpaired) electrons. The largest absolute Gasteiger partial charge is 0.340 e. The van der Waals surface area contributed by atoms with Crippen LogP contribution in [0.5, 0.6) is 0 Å². The lowest BCUT2D eigenvalue weighted by atomic mass is 10.1. The van der Waals surface area contributed by atoms with E-state index in [1.54, 1.807) is 6.20 Å². The van der Waals surface area contributed by atoms with E-state index in [0.717, 1.165) is 21.9 Å². The molecule has 0 aliphatic carbocycles. The van der Waals surface area contributed by atoms with Crippen molar-refractivity contribution in [1.82, 2.24) is 4.98 Å². The summed E-state index contributed by atoms with van der Waals surface area (Å²) in [5.74, 6) is 0.857. The Morgan fingerprint density at radius 2 is 1.67 bits per heavy atom. The van der Waals surface area contributed by atoms with Crippen molar-refractivity contribution in [2.24, 2.45) is 0 Å². The molecule has 88 valence electrons. The smallest absolute Gasteiger partial charge is 0.138 e. The second-order valence-corrected chi connectivity index (χ2v) is 4.45. The van der Waals surface area contributed by atoms with Gasteiger partial charge in [0.05, 0.1) is 0 Å². The summed E-state index contributed by atoms with van der Waals surface area (Å²) in [6.07, 6.45) is 1.81. The number of nitrogens with one attached hydrogen (secondary N) is 1. The van der Waals surface area contributed by atoms with Crippen molar-refractivity contribution in [2.75, 3.05) is 5.32 Å². The number of nitrogens with zero attached hydrogens (tertiary/aromatic N) is 1. The number of pyridine rings is 1. The molecule has 0 aliphatic heterocycles. The van der Waals surface area contributed by atoms with Crippen molar-refractivity contribution in [1.29, 1.82) is 0 Å². The van der Waals surface area contributed by atoms with Crippen LogP contribution in [0.3, 0.4) is 0 Å². The van der Waals surface area contributed by atoms with E-state index in [1.165, 1.54) is 5.39 Å². The van der Waals surface area contributed by atoms with Gasteiger partial charge >= 0.3 is 0 Å². The van der Waals surface area contributed by atoms with Crippen molar-refractivity contribution in [3.8, 4) is 0 Å². The molecule has 1 heterocycles. The highest BCUT2D eigenvalue weighted by Gasteiger charge is 2.01. The van der Waals surface area contributed by atoms with Gasteiger partial charge in [0.15, 0.2) is 0 Å². The summed E-state index contributed by atoms with van der Waals surface area (Å²) in [5, 5.41) is 6.31. The minimum Gasteiger partial charge on any atom is -0.340 e. The van der Waals surface area contributed by atoms with E-state index in [9.17, 15) is 0 Å². The molecule has 0 amide bonds. The fourth-order valence-corrected chi connectivity index (χ4v) is 2.02. The number of hydrogen-bond acceptors (Lipinski definition) is 2. The average molecular weight is 255 g/mol. The number of hydrogen-bond donors (Lipinski definition) is 1. The molecule has 18 heavy (non-hydrogen) atoms. The zero-order valence-electron chi connectivity index (χ0n) is 9.60. The van der Waals surface area contributed by atoms with E-state index in [2.05, 4.69) is 22.4 Å². The van der Waals surface area contributed by atoms with Gasteiger partial charge in [0.1, 0.15) is 5.82 Å². The lowest BCUT2D eigenvalue weighted by Gasteiger charge is -2.08. The molecule has 3 rings (SSSR count). The van der Waals surface area contributed by atoms with Gasteiger partial charge in [-0.25, -0.2) is 4.98 Å². The first-order valence-electron chi connectivity index (χ1n) is 5.69. The molecular formula is C15H11ClN2. The monoisotopic (exact) mass is 254 g/mol. The quantitative estimate of drug-likeness (QED) is 0.721. The van der Waals surface area contributed by atoms with Crippen LogP contribution in [-0.4, -0.2) is 4.98 Å². The predicted molar refractivity (Wildman–Crippen MR) is 76.5 cm³/mol. The van der Waals surface area contributed by atoms with Crippen LogP contribution in [0, 0.1) is 0 Å². The molecule has 2 nitrogen and oxygen atoms in total. The number of fused-ring (bicyclic) bond motifs is 1. The van der Waals surface area contributed by atoms with E-state index >= 15 is 0 Å². The summed E-state index contributed by atoms with van der Waals surface area (Å²) in [6, 6.07) is 17.8. The van der Waals surface area contributed by atoms with Gasteiger partial charge < -0.3 is 5.32 Å². The highest BCUT2D eigenvalue weighted by molar-refractivity contribution is 6.30. The molecule has 0 spiro atoms. The summed E-state index contributed by atoms with van der Waals surface area (Å²) < 4.78 is 0. The fraction of sp³-hybridized carbons (Fsp3) is 0. The topological polar surface area (TPSA) is 24.9 Å². The zero-order chi connectivity index (χ0) is 12.4. The Kier molecular flexibility index (Phi) is 2.87. The van der Waals surface area contributed by atoms with Gasteiger partial charge in [-0.1, -0.05) is 35.9 Å². The Balaban J connectivity index is 2.02. The van der Waals surface area contributed by atoms with Crippen LogP contribution in [0.25, 0.3) is 10.8 Å². The van der Waals surface area contributed by atoms with Crippen molar-refractivity contribution in [3.63, 3.8) is 0 Å². The molecule has 0 unspecified atom stereocenters. The van der Waals surface area contributed by atoms with Gasteiger partial charge in [-0.3, -0.25) is 0 Å². The molecule has 2 aromatic carbocycles. The standard InChI is InChI=1S/C15H11ClN2/c16-12-5-7-13(8-6-12)18-15-14-4-2-1-3-11(14)9-10-17-15/h1-10H,(H,17,18). The molecule has 0 saturated heterocycles. The Hall–Kier alpha value is -2.06. The van der Waals surface area contributed by atoms with Crippen LogP contribution in [0.15, 0.2) is 60.8 Å². The first-order chi connectivity index (χ1) is 8.83. The summed E-state index contributed by atoms with van der Waals surface area (Å²) in [7, 11) is 0. The SMILES string of the molecule is Clc1ccc(Nc2nccc3ccccc23)cc1. The van der Waals surface area contributed by atoms with Crippen molar-refractivity contribution in [2.45, 2.75) is 0 Å². The average Bonchev–Trinajstić information content (AvgIpc) is 2.42. The maximum absolute atomic E-state index is 5.87. The Morgan fingerprint density at radius 1 is 0.889 bits per heavy atom. The molecule has 3 aromatic rings. The maximum atomic E-state index is 5.87. The lowest BCUT2D eigenvalue weighted by Crippen LogP contribution is -1.93. The van der Waals surface area contributed by atoms with Gasteiger partial charge in [0.25, 0.3) is 0 Å². The molecule has 1 aromatic heterocycles. The fourth-order valence-electron chi connectivity index (χ4n) is 1.89. The highest BCUT2D eigenvalue weighted by Crippen LogP contribution is 2.24. The number of benzene rings is 2. The number of halogens is 1. The third-order valence-corrected chi connectivity index (χ3v) is 3.03. The van der Waals surface area contributed by atoms with Crippen LogP contribution < -0.4 is 5.32 Å². The van der Waals surface area contributed by atoms with Crippen LogP contribution >= 0.6 is 11.6 Å². The minimum absolute atomic E-state index is 0.728. The van der Waals surface area contributed by atoms with E-state index in [0.29, 0.717) is 0 Å². The van der Waals surface area contributed by atoms with Crippen LogP contribution in [0.2, 0.25) is 5.02 Å². The summed E-state index contributed by atoms with van der Waals surface area (Å²) in [6.45, 7) is 0. The van der Waals surface area contributed by atoms with Gasteiger partial charge in [-0.2, -0.15) is 0 Å². The molecule has 0 saturated carbocycles. The third kappa shape index (κ3) is 2.15. The Labute approximate surface area is 110 Å². The summed E-state index contributed by atoms with van der Waals surface area (Å²) in [5.41, 5.74) is 0.975. The molecule has 0 bridgehead atoms. The molecule has 1 N–H and O–H groups in total. The molecule has 0 atom stereocenters. The van der Waals surface area contributed by atoms with E-state index in [1.807, 2.05) is 42.5 Å². The van der Waals surface area contributed by atoms with Gasteiger partial charge in [0, 0.05) is 22.3 Å². The summed E-state index contributed by atoms with van der Waals surface area (Å²) in [4.78, 5) is 4.38. The summed E-state index contributed by atoms with van der Waals surface area (Å²) >= 11 is 5.87. The van der Waals surface area contributed by atoms with Crippen molar-refractivity contribution < 1.29 is 0 Å². The van der Waals surface area contributed by atoms with Crippen molar-refractivity contribution in [3.05, 3.63) is 65.8 Å². The number of aromatic nitrogens is 1. The number of anilines is 2. The second-order valence-electron chi connectivity index (χ2n) is 4.01. The Morgan fingerprint density at radius 3 is 2.50 bits per heavy atom. The van der Waals surface area contributed by atoms with Gasteiger partial charge in [-0.15, -0.1) is 0 Å². The first-order valence-corrected chi connectivity index (χ1v) is 6.07. The van der Waals surface area contributed by atoms with Crippen LogP contribution in [0.4, 0.5) is 11.5 Å². The molecular weight excluding hydrogens is 244 g/mol. The minimum atomic E-state index is 0.728. The molecule has 3 heteroatoms. The maximum Gasteiger partial charge on any atom is 0.138 e. The Bertz CT molecular complexity index is 672. The van der Waals surface area contributed by atoms with Gasteiger partial charge in [0.2, 0.25) is 0 Å². The zero-order valence-corrected chi connectivity index (χ0v) is 10.4. The lowest BCUT2D eigenvalue weighted by molar-refractivity contribution is 1.34. The van der Waals surface area contributed by atoms with E-state index in [4.69, 9.17) is 11.6 Å². The van der Waals surface area contributed by atoms with E-state index in [-0.39, 0.29) is 0 Å². The first kappa shape index (κ1) is 11.1. The highest BCUT2D eigenvalue weighted by atomic mass is 35.5. The van der Waals surface area contributed by atoms with Gasteiger partial charge in [-0.05, 0) is 35.7 Å². The second kappa shape index (κ2) is 4.67. The van der Waals surface area contributed by atoms with E-state index < -0.39 is 0 Å². The van der Waals surface area contributed by atoms with Crippen LogP contribution in [-0.2, 0) is 0 Å².